The fourth-order valence-corrected chi connectivity index (χ4v) is 1.39. The smallest absolute Gasteiger partial charge is 0.333 e. The summed E-state index contributed by atoms with van der Waals surface area (Å²) in [5.74, 6) is -0.674. The summed E-state index contributed by atoms with van der Waals surface area (Å²) in [5.41, 5.74) is -0.544. The van der Waals surface area contributed by atoms with Crippen LogP contribution in [0.1, 0.15) is 25.5 Å². The van der Waals surface area contributed by atoms with Gasteiger partial charge in [0.25, 0.3) is 11.4 Å². The minimum Gasteiger partial charge on any atom is -0.454 e. The topological polar surface area (TPSA) is 113 Å². The first kappa shape index (κ1) is 15.3. The van der Waals surface area contributed by atoms with Gasteiger partial charge in [-0.2, -0.15) is 0 Å². The molecule has 0 amide bonds. The number of esters is 1. The third-order valence-electron chi connectivity index (χ3n) is 2.45. The molecular formula is C12H12N2O6. The van der Waals surface area contributed by atoms with E-state index >= 15 is 0 Å². The van der Waals surface area contributed by atoms with Gasteiger partial charge >= 0.3 is 5.97 Å². The number of benzene rings is 1. The van der Waals surface area contributed by atoms with Crippen molar-refractivity contribution in [2.24, 2.45) is 0 Å². The van der Waals surface area contributed by atoms with Crippen LogP contribution in [0.15, 0.2) is 30.4 Å². The van der Waals surface area contributed by atoms with Crippen LogP contribution in [0.25, 0.3) is 0 Å². The van der Waals surface area contributed by atoms with Crippen molar-refractivity contribution >= 4 is 17.3 Å². The quantitative estimate of drug-likeness (QED) is 0.354. The van der Waals surface area contributed by atoms with Crippen LogP contribution < -0.4 is 0 Å². The average Bonchev–Trinajstić information content (AvgIpc) is 2.37. The maximum absolute atomic E-state index is 11.4. The van der Waals surface area contributed by atoms with Crippen LogP contribution in [-0.2, 0) is 9.53 Å². The van der Waals surface area contributed by atoms with E-state index in [9.17, 15) is 25.0 Å². The summed E-state index contributed by atoms with van der Waals surface area (Å²) in [6, 6.07) is 3.10. The molecule has 0 aliphatic carbocycles. The zero-order valence-corrected chi connectivity index (χ0v) is 10.9. The van der Waals surface area contributed by atoms with Crippen LogP contribution in [0, 0.1) is 20.2 Å². The Balaban J connectivity index is 3.16. The lowest BCUT2D eigenvalue weighted by atomic mass is 10.1. The van der Waals surface area contributed by atoms with E-state index in [0.29, 0.717) is 0 Å². The number of carbonyl (C=O) groups is 1. The van der Waals surface area contributed by atoms with E-state index < -0.39 is 33.3 Å². The van der Waals surface area contributed by atoms with Gasteiger partial charge in [-0.05, 0) is 13.8 Å². The monoisotopic (exact) mass is 280 g/mol. The van der Waals surface area contributed by atoms with Crippen LogP contribution >= 0.6 is 0 Å². The van der Waals surface area contributed by atoms with E-state index in [1.54, 1.807) is 0 Å². The summed E-state index contributed by atoms with van der Waals surface area (Å²) in [6.07, 6.45) is -0.863. The number of rotatable bonds is 5. The second kappa shape index (κ2) is 5.91. The van der Waals surface area contributed by atoms with Gasteiger partial charge in [0.1, 0.15) is 6.10 Å². The van der Waals surface area contributed by atoms with Crippen LogP contribution in [0.3, 0.4) is 0 Å². The Morgan fingerprint density at radius 1 is 1.20 bits per heavy atom. The third kappa shape index (κ3) is 3.61. The zero-order chi connectivity index (χ0) is 15.4. The number of hydrogen-bond acceptors (Lipinski definition) is 6. The highest BCUT2D eigenvalue weighted by molar-refractivity contribution is 5.87. The summed E-state index contributed by atoms with van der Waals surface area (Å²) >= 11 is 0. The van der Waals surface area contributed by atoms with E-state index in [2.05, 4.69) is 6.58 Å². The Bertz CT molecular complexity index is 563. The van der Waals surface area contributed by atoms with Crippen molar-refractivity contribution in [3.63, 3.8) is 0 Å². The van der Waals surface area contributed by atoms with Gasteiger partial charge in [-0.25, -0.2) is 4.79 Å². The van der Waals surface area contributed by atoms with Gasteiger partial charge in [-0.3, -0.25) is 20.2 Å². The third-order valence-corrected chi connectivity index (χ3v) is 2.45. The Morgan fingerprint density at radius 3 is 2.00 bits per heavy atom. The Hall–Kier alpha value is -2.77. The molecule has 0 aliphatic rings. The first-order chi connectivity index (χ1) is 9.22. The van der Waals surface area contributed by atoms with E-state index in [-0.39, 0.29) is 11.1 Å². The molecule has 0 N–H and O–H groups in total. The molecule has 1 aromatic carbocycles. The molecule has 0 spiro atoms. The molecule has 0 aromatic heterocycles. The normalized spacial score (nSPS) is 11.5. The molecule has 1 aromatic rings. The molecule has 1 atom stereocenters. The number of ether oxygens (including phenoxy) is 1. The molecule has 0 fully saturated rings. The van der Waals surface area contributed by atoms with Crippen molar-refractivity contribution in [3.05, 3.63) is 56.1 Å². The highest BCUT2D eigenvalue weighted by Crippen LogP contribution is 2.28. The summed E-state index contributed by atoms with van der Waals surface area (Å²) in [7, 11) is 0. The van der Waals surface area contributed by atoms with E-state index in [1.165, 1.54) is 13.8 Å². The van der Waals surface area contributed by atoms with Gasteiger partial charge in [0, 0.05) is 23.3 Å². The van der Waals surface area contributed by atoms with Gasteiger partial charge in [0.15, 0.2) is 0 Å². The Morgan fingerprint density at radius 2 is 1.65 bits per heavy atom. The molecule has 0 radical (unpaired) electrons. The molecule has 106 valence electrons. The Labute approximate surface area is 114 Å². The van der Waals surface area contributed by atoms with Crippen molar-refractivity contribution in [1.82, 2.24) is 0 Å². The molecule has 1 unspecified atom stereocenters. The maximum Gasteiger partial charge on any atom is 0.333 e. The summed E-state index contributed by atoms with van der Waals surface area (Å²) < 4.78 is 4.98. The summed E-state index contributed by atoms with van der Waals surface area (Å²) in [4.78, 5) is 31.4. The SMILES string of the molecule is C=C(C)C(=O)OC(C)c1cc([N+](=O)[O-])cc([N+](=O)[O-])c1. The minimum atomic E-state index is -0.863. The van der Waals surface area contributed by atoms with Gasteiger partial charge in [-0.1, -0.05) is 6.58 Å². The standard InChI is InChI=1S/C12H12N2O6/c1-7(2)12(15)20-8(3)9-4-10(13(16)17)6-11(5-9)14(18)19/h4-6,8H,1H2,2-3H3. The van der Waals surface area contributed by atoms with Crippen molar-refractivity contribution in [2.45, 2.75) is 20.0 Å². The lowest BCUT2D eigenvalue weighted by Crippen LogP contribution is -2.09. The molecule has 0 aliphatic heterocycles. The molecular weight excluding hydrogens is 268 g/mol. The number of nitro benzene ring substituents is 2. The van der Waals surface area contributed by atoms with Gasteiger partial charge in [0.2, 0.25) is 0 Å². The Kier molecular flexibility index (Phi) is 4.52. The van der Waals surface area contributed by atoms with E-state index in [4.69, 9.17) is 4.74 Å². The second-order valence-electron chi connectivity index (χ2n) is 4.12. The van der Waals surface area contributed by atoms with Crippen molar-refractivity contribution < 1.29 is 19.4 Å². The average molecular weight is 280 g/mol. The number of nitro groups is 2. The zero-order valence-electron chi connectivity index (χ0n) is 10.9. The van der Waals surface area contributed by atoms with Gasteiger partial charge in [-0.15, -0.1) is 0 Å². The fraction of sp³-hybridized carbons (Fsp3) is 0.250. The lowest BCUT2D eigenvalue weighted by Gasteiger charge is -2.13. The largest absolute Gasteiger partial charge is 0.454 e. The lowest BCUT2D eigenvalue weighted by molar-refractivity contribution is -0.394. The van der Waals surface area contributed by atoms with Crippen LogP contribution in [-0.4, -0.2) is 15.8 Å². The molecule has 0 bridgehead atoms. The second-order valence-corrected chi connectivity index (χ2v) is 4.12. The predicted molar refractivity (Wildman–Crippen MR) is 69.1 cm³/mol. The van der Waals surface area contributed by atoms with E-state index in [0.717, 1.165) is 18.2 Å². The minimum absolute atomic E-state index is 0.164. The van der Waals surface area contributed by atoms with Crippen molar-refractivity contribution in [1.29, 1.82) is 0 Å². The molecule has 8 heteroatoms. The first-order valence-corrected chi connectivity index (χ1v) is 5.52. The fourth-order valence-electron chi connectivity index (χ4n) is 1.39. The first-order valence-electron chi connectivity index (χ1n) is 5.52. The van der Waals surface area contributed by atoms with Crippen LogP contribution in [0.2, 0.25) is 0 Å². The van der Waals surface area contributed by atoms with Gasteiger partial charge < -0.3 is 4.74 Å². The highest BCUT2D eigenvalue weighted by atomic mass is 16.6. The molecule has 0 heterocycles. The van der Waals surface area contributed by atoms with Gasteiger partial charge in [0.05, 0.1) is 15.9 Å². The highest BCUT2D eigenvalue weighted by Gasteiger charge is 2.21. The van der Waals surface area contributed by atoms with Crippen LogP contribution in [0.5, 0.6) is 0 Å². The number of non-ortho nitro benzene ring substituents is 2. The molecule has 8 nitrogen and oxygen atoms in total. The molecule has 0 saturated carbocycles. The maximum atomic E-state index is 11.4. The summed E-state index contributed by atoms with van der Waals surface area (Å²) in [5, 5.41) is 21.5. The number of hydrogen-bond donors (Lipinski definition) is 0. The molecule has 20 heavy (non-hydrogen) atoms. The van der Waals surface area contributed by atoms with Crippen LogP contribution in [0.4, 0.5) is 11.4 Å². The number of carbonyl (C=O) groups excluding carboxylic acids is 1. The van der Waals surface area contributed by atoms with E-state index in [1.807, 2.05) is 0 Å². The van der Waals surface area contributed by atoms with Crippen molar-refractivity contribution in [3.8, 4) is 0 Å². The molecule has 0 saturated heterocycles. The summed E-state index contributed by atoms with van der Waals surface area (Å²) in [6.45, 7) is 6.31. The number of nitrogens with zero attached hydrogens (tertiary/aromatic N) is 2. The predicted octanol–water partition coefficient (Wildman–Crippen LogP) is 2.68. The van der Waals surface area contributed by atoms with Crippen molar-refractivity contribution in [2.75, 3.05) is 0 Å². The molecule has 1 rings (SSSR count).